The third-order valence-electron chi connectivity index (χ3n) is 1.22. The van der Waals surface area contributed by atoms with Crippen molar-refractivity contribution in [2.75, 3.05) is 11.9 Å². The van der Waals surface area contributed by atoms with Crippen molar-refractivity contribution in [2.45, 2.75) is 11.6 Å². The monoisotopic (exact) mass is 223 g/mol. The van der Waals surface area contributed by atoms with Crippen LogP contribution < -0.4 is 0 Å². The number of nitrogens with one attached hydrogen (secondary N) is 1. The van der Waals surface area contributed by atoms with E-state index in [1.165, 1.54) is 18.1 Å². The third kappa shape index (κ3) is 5.05. The van der Waals surface area contributed by atoms with Crippen LogP contribution >= 0.6 is 19.4 Å². The smallest absolute Gasteiger partial charge is 0.324 e. The maximum atomic E-state index is 10.4. The van der Waals surface area contributed by atoms with E-state index >= 15 is 0 Å². The van der Waals surface area contributed by atoms with Gasteiger partial charge in [0.15, 0.2) is 0 Å². The summed E-state index contributed by atoms with van der Waals surface area (Å²) in [4.78, 5) is 20.9. The van der Waals surface area contributed by atoms with Gasteiger partial charge in [-0.05, 0) is 6.42 Å². The Hall–Kier alpha value is -0.360. The lowest BCUT2D eigenvalue weighted by atomic mass is 10.6. The van der Waals surface area contributed by atoms with Crippen LogP contribution in [0, 0.1) is 0 Å². The van der Waals surface area contributed by atoms with Crippen molar-refractivity contribution < 1.29 is 14.4 Å². The summed E-state index contributed by atoms with van der Waals surface area (Å²) in [6.07, 6.45) is 1.85. The predicted octanol–water partition coefficient (Wildman–Crippen LogP) is 0.465. The van der Waals surface area contributed by atoms with Crippen LogP contribution in [0.5, 0.6) is 0 Å². The summed E-state index contributed by atoms with van der Waals surface area (Å²) in [6, 6.07) is 0. The molecule has 3 N–H and O–H groups in total. The summed E-state index contributed by atoms with van der Waals surface area (Å²) >= 11 is 1.37. The van der Waals surface area contributed by atoms with Gasteiger partial charge < -0.3 is 9.79 Å². The van der Waals surface area contributed by atoms with Crippen molar-refractivity contribution >= 4 is 19.4 Å². The molecule has 13 heavy (non-hydrogen) atoms. The molecule has 0 atom stereocenters. The molecule has 74 valence electrons. The van der Waals surface area contributed by atoms with Crippen LogP contribution in [0.3, 0.4) is 0 Å². The maximum Gasteiger partial charge on any atom is 0.325 e. The van der Waals surface area contributed by atoms with Gasteiger partial charge in [0, 0.05) is 5.75 Å². The number of hydrogen-bond donors (Lipinski definition) is 3. The first kappa shape index (κ1) is 10.7. The average Bonchev–Trinajstić information content (AvgIpc) is 2.48. The second-order valence-electron chi connectivity index (χ2n) is 2.37. The van der Waals surface area contributed by atoms with Crippen LogP contribution in [-0.4, -0.2) is 36.9 Å². The summed E-state index contributed by atoms with van der Waals surface area (Å²) < 4.78 is 10.4. The van der Waals surface area contributed by atoms with Gasteiger partial charge in [0.25, 0.3) is 0 Å². The van der Waals surface area contributed by atoms with Crippen molar-refractivity contribution in [3.8, 4) is 0 Å². The summed E-state index contributed by atoms with van der Waals surface area (Å²) in [5.41, 5.74) is 0. The highest BCUT2D eigenvalue weighted by Crippen LogP contribution is 2.35. The van der Waals surface area contributed by atoms with E-state index in [1.807, 2.05) is 0 Å². The molecule has 0 saturated carbocycles. The molecule has 0 aromatic carbocycles. The molecule has 0 saturated heterocycles. The highest BCUT2D eigenvalue weighted by Gasteiger charge is 2.11. The number of thioether (sulfide) groups is 1. The Kier molecular flexibility index (Phi) is 3.92. The zero-order valence-corrected chi connectivity index (χ0v) is 8.46. The van der Waals surface area contributed by atoms with Crippen molar-refractivity contribution in [1.82, 2.24) is 15.2 Å². The largest absolute Gasteiger partial charge is 0.325 e. The standard InChI is InChI=1S/C5H10N3O3PS/c9-12(10,11)2-1-3-13-5-6-4-7-8-5/h4H,1-3H2,(H,6,7,8)(H2,9,10,11). The Morgan fingerprint density at radius 3 is 2.92 bits per heavy atom. The Bertz CT molecular complexity index is 285. The Labute approximate surface area is 79.3 Å². The van der Waals surface area contributed by atoms with Gasteiger partial charge >= 0.3 is 7.60 Å². The molecule has 0 fully saturated rings. The lowest BCUT2D eigenvalue weighted by Gasteiger charge is -2.01. The molecule has 0 spiro atoms. The molecule has 0 unspecified atom stereocenters. The van der Waals surface area contributed by atoms with Gasteiger partial charge in [-0.3, -0.25) is 9.66 Å². The first-order chi connectivity index (χ1) is 6.08. The molecular formula is C5H10N3O3PS. The normalized spacial score (nSPS) is 11.8. The van der Waals surface area contributed by atoms with Gasteiger partial charge in [0.05, 0.1) is 6.16 Å². The molecular weight excluding hydrogens is 213 g/mol. The topological polar surface area (TPSA) is 99.1 Å². The fraction of sp³-hybridized carbons (Fsp3) is 0.600. The lowest BCUT2D eigenvalue weighted by molar-refractivity contribution is 0.372. The first-order valence-electron chi connectivity index (χ1n) is 3.61. The lowest BCUT2D eigenvalue weighted by Crippen LogP contribution is -1.90. The van der Waals surface area contributed by atoms with E-state index < -0.39 is 7.60 Å². The van der Waals surface area contributed by atoms with Crippen LogP contribution in [0.4, 0.5) is 0 Å². The Morgan fingerprint density at radius 2 is 2.38 bits per heavy atom. The molecule has 0 aliphatic heterocycles. The van der Waals surface area contributed by atoms with Crippen LogP contribution in [-0.2, 0) is 4.57 Å². The molecule has 8 heteroatoms. The zero-order valence-electron chi connectivity index (χ0n) is 6.75. The average molecular weight is 223 g/mol. The van der Waals surface area contributed by atoms with Crippen molar-refractivity contribution in [1.29, 1.82) is 0 Å². The van der Waals surface area contributed by atoms with E-state index in [2.05, 4.69) is 15.2 Å². The highest BCUT2D eigenvalue weighted by atomic mass is 32.2. The molecule has 0 amide bonds. The van der Waals surface area contributed by atoms with Crippen LogP contribution in [0.15, 0.2) is 11.5 Å². The highest BCUT2D eigenvalue weighted by molar-refractivity contribution is 7.99. The number of hydrogen-bond acceptors (Lipinski definition) is 4. The minimum absolute atomic E-state index is 0.0789. The van der Waals surface area contributed by atoms with E-state index in [-0.39, 0.29) is 6.16 Å². The number of H-pyrrole nitrogens is 1. The molecule has 1 rings (SSSR count). The summed E-state index contributed by atoms with van der Waals surface area (Å²) in [7, 11) is -3.83. The fourth-order valence-electron chi connectivity index (χ4n) is 0.701. The molecule has 6 nitrogen and oxygen atoms in total. The summed E-state index contributed by atoms with van der Waals surface area (Å²) in [6.45, 7) is 0. The van der Waals surface area contributed by atoms with Crippen molar-refractivity contribution in [3.63, 3.8) is 0 Å². The van der Waals surface area contributed by atoms with Crippen LogP contribution in [0.1, 0.15) is 6.42 Å². The van der Waals surface area contributed by atoms with Gasteiger partial charge in [-0.15, -0.1) is 5.10 Å². The van der Waals surface area contributed by atoms with Crippen LogP contribution in [0.2, 0.25) is 0 Å². The SMILES string of the molecule is O=P(O)(O)CCCSc1nc[nH]n1. The van der Waals surface area contributed by atoms with E-state index in [9.17, 15) is 4.57 Å². The fourth-order valence-corrected chi connectivity index (χ4v) is 2.20. The number of aromatic amines is 1. The second kappa shape index (κ2) is 4.76. The van der Waals surface area contributed by atoms with E-state index in [0.717, 1.165) is 0 Å². The third-order valence-corrected chi connectivity index (χ3v) is 3.06. The van der Waals surface area contributed by atoms with Gasteiger partial charge in [-0.1, -0.05) is 11.8 Å². The van der Waals surface area contributed by atoms with Crippen molar-refractivity contribution in [3.05, 3.63) is 6.33 Å². The quantitative estimate of drug-likeness (QED) is 0.381. The van der Waals surface area contributed by atoms with Gasteiger partial charge in [-0.25, -0.2) is 4.98 Å². The zero-order chi connectivity index (χ0) is 9.73. The van der Waals surface area contributed by atoms with Crippen LogP contribution in [0.25, 0.3) is 0 Å². The van der Waals surface area contributed by atoms with E-state index in [0.29, 0.717) is 17.3 Å². The Balaban J connectivity index is 2.12. The first-order valence-corrected chi connectivity index (χ1v) is 6.39. The molecule has 1 heterocycles. The molecule has 1 aromatic heterocycles. The van der Waals surface area contributed by atoms with Gasteiger partial charge in [0.1, 0.15) is 6.33 Å². The minimum atomic E-state index is -3.83. The second-order valence-corrected chi connectivity index (χ2v) is 5.21. The van der Waals surface area contributed by atoms with Gasteiger partial charge in [-0.2, -0.15) is 0 Å². The number of aromatic nitrogens is 3. The number of nitrogens with zero attached hydrogens (tertiary/aromatic N) is 2. The molecule has 0 bridgehead atoms. The van der Waals surface area contributed by atoms with Gasteiger partial charge in [0.2, 0.25) is 5.16 Å². The predicted molar refractivity (Wildman–Crippen MR) is 48.6 cm³/mol. The molecule has 1 aromatic rings. The van der Waals surface area contributed by atoms with Crippen molar-refractivity contribution in [2.24, 2.45) is 0 Å². The summed E-state index contributed by atoms with van der Waals surface area (Å²) in [5.74, 6) is 0.614. The molecule has 0 aliphatic carbocycles. The minimum Gasteiger partial charge on any atom is -0.324 e. The Morgan fingerprint density at radius 1 is 1.62 bits per heavy atom. The molecule has 0 radical (unpaired) electrons. The van der Waals surface area contributed by atoms with E-state index in [4.69, 9.17) is 9.79 Å². The summed E-state index contributed by atoms with van der Waals surface area (Å²) in [5, 5.41) is 6.94. The molecule has 0 aliphatic rings. The number of rotatable bonds is 5. The van der Waals surface area contributed by atoms with E-state index in [1.54, 1.807) is 0 Å². The maximum absolute atomic E-state index is 10.4.